The average Bonchev–Trinajstić information content (AvgIpc) is 2.82. The van der Waals surface area contributed by atoms with Crippen LogP contribution in [0.2, 0.25) is 0 Å². The number of hydrogen-bond donors (Lipinski definition) is 0. The molecule has 0 bridgehead atoms. The van der Waals surface area contributed by atoms with Crippen LogP contribution in [0.3, 0.4) is 0 Å². The third-order valence-electron chi connectivity index (χ3n) is 5.24. The SMILES string of the molecule is C1CC2=C3C4=C(C3C1)C1CC1CC24. The van der Waals surface area contributed by atoms with Gasteiger partial charge in [0.15, 0.2) is 0 Å². The minimum atomic E-state index is 1.00. The lowest BCUT2D eigenvalue weighted by Gasteiger charge is -2.56. The van der Waals surface area contributed by atoms with Crippen LogP contribution in [0.4, 0.5) is 0 Å². The number of allylic oxidation sites excluding steroid dienone is 4. The first-order valence-corrected chi connectivity index (χ1v) is 5.92. The van der Waals surface area contributed by atoms with Crippen LogP contribution in [-0.2, 0) is 0 Å². The summed E-state index contributed by atoms with van der Waals surface area (Å²) in [5.41, 5.74) is 7.68. The van der Waals surface area contributed by atoms with Gasteiger partial charge in [-0.05, 0) is 55.1 Å². The Morgan fingerprint density at radius 3 is 3.00 bits per heavy atom. The van der Waals surface area contributed by atoms with Gasteiger partial charge in [-0.3, -0.25) is 0 Å². The highest BCUT2D eigenvalue weighted by atomic mass is 14.6. The van der Waals surface area contributed by atoms with Gasteiger partial charge in [0.25, 0.3) is 0 Å². The molecule has 5 aliphatic rings. The molecule has 4 atom stereocenters. The second kappa shape index (κ2) is 1.55. The van der Waals surface area contributed by atoms with Gasteiger partial charge in [0, 0.05) is 11.8 Å². The first-order chi connectivity index (χ1) is 6.45. The van der Waals surface area contributed by atoms with E-state index in [1.165, 1.54) is 19.3 Å². The second-order valence-electron chi connectivity index (χ2n) is 5.64. The summed E-state index contributed by atoms with van der Waals surface area (Å²) in [6.45, 7) is 0. The van der Waals surface area contributed by atoms with E-state index in [0.717, 1.165) is 23.7 Å². The number of hydrogen-bond acceptors (Lipinski definition) is 0. The van der Waals surface area contributed by atoms with Crippen molar-refractivity contribution in [1.82, 2.24) is 0 Å². The van der Waals surface area contributed by atoms with Crippen molar-refractivity contribution in [3.05, 3.63) is 22.3 Å². The van der Waals surface area contributed by atoms with Crippen molar-refractivity contribution in [2.24, 2.45) is 23.7 Å². The molecule has 0 nitrogen and oxygen atoms in total. The molecule has 66 valence electrons. The van der Waals surface area contributed by atoms with Crippen LogP contribution in [0.25, 0.3) is 0 Å². The van der Waals surface area contributed by atoms with Gasteiger partial charge in [-0.1, -0.05) is 11.1 Å². The molecule has 0 aromatic carbocycles. The van der Waals surface area contributed by atoms with Gasteiger partial charge in [-0.2, -0.15) is 0 Å². The molecule has 1 saturated carbocycles. The number of fused-ring (bicyclic) bond motifs is 4. The standard InChI is InChI=1S/C13H14/c1-2-7-10-5-6-4-9(6)12-8(3-1)11(7)13(10)12/h6,8-10H,1-5H2. The van der Waals surface area contributed by atoms with Crippen LogP contribution in [-0.4, -0.2) is 0 Å². The van der Waals surface area contributed by atoms with Crippen molar-refractivity contribution in [2.45, 2.75) is 32.1 Å². The maximum Gasteiger partial charge on any atom is 0.00600 e. The summed E-state index contributed by atoms with van der Waals surface area (Å²) in [7, 11) is 0. The van der Waals surface area contributed by atoms with Crippen LogP contribution in [0, 0.1) is 23.7 Å². The van der Waals surface area contributed by atoms with Crippen LogP contribution < -0.4 is 0 Å². The molecular weight excluding hydrogens is 156 g/mol. The Hall–Kier alpha value is -0.520. The van der Waals surface area contributed by atoms with Crippen molar-refractivity contribution < 1.29 is 0 Å². The molecule has 0 heteroatoms. The van der Waals surface area contributed by atoms with E-state index in [2.05, 4.69) is 0 Å². The molecule has 0 amide bonds. The van der Waals surface area contributed by atoms with Crippen LogP contribution in [0.15, 0.2) is 22.3 Å². The molecule has 5 aliphatic carbocycles. The highest BCUT2D eigenvalue weighted by Crippen LogP contribution is 2.73. The molecular formula is C13H14. The third kappa shape index (κ3) is 0.458. The van der Waals surface area contributed by atoms with E-state index in [4.69, 9.17) is 0 Å². The summed E-state index contributed by atoms with van der Waals surface area (Å²) < 4.78 is 0. The summed E-state index contributed by atoms with van der Waals surface area (Å²) in [6, 6.07) is 0. The van der Waals surface area contributed by atoms with E-state index in [0.29, 0.717) is 0 Å². The molecule has 0 spiro atoms. The normalized spacial score (nSPS) is 53.5. The molecule has 13 heavy (non-hydrogen) atoms. The number of rotatable bonds is 0. The second-order valence-corrected chi connectivity index (χ2v) is 5.64. The lowest BCUT2D eigenvalue weighted by Crippen LogP contribution is -2.43. The highest BCUT2D eigenvalue weighted by Gasteiger charge is 2.61. The predicted octanol–water partition coefficient (Wildman–Crippen LogP) is 3.06. The maximum absolute atomic E-state index is 1.97. The summed E-state index contributed by atoms with van der Waals surface area (Å²) >= 11 is 0. The fourth-order valence-corrected chi connectivity index (χ4v) is 4.69. The largest absolute Gasteiger partial charge is 0.0586 e. The lowest BCUT2D eigenvalue weighted by molar-refractivity contribution is 0.341. The molecule has 0 aromatic rings. The molecule has 0 heterocycles. The van der Waals surface area contributed by atoms with Gasteiger partial charge in [0.1, 0.15) is 0 Å². The predicted molar refractivity (Wildman–Crippen MR) is 51.1 cm³/mol. The van der Waals surface area contributed by atoms with Gasteiger partial charge in [0.2, 0.25) is 0 Å². The quantitative estimate of drug-likeness (QED) is 0.524. The fourth-order valence-electron chi connectivity index (χ4n) is 4.69. The monoisotopic (exact) mass is 170 g/mol. The fraction of sp³-hybridized carbons (Fsp3) is 0.692. The Bertz CT molecular complexity index is 396. The molecule has 4 unspecified atom stereocenters. The van der Waals surface area contributed by atoms with Crippen molar-refractivity contribution in [1.29, 1.82) is 0 Å². The van der Waals surface area contributed by atoms with E-state index in [-0.39, 0.29) is 0 Å². The van der Waals surface area contributed by atoms with Crippen LogP contribution >= 0.6 is 0 Å². The zero-order valence-electron chi connectivity index (χ0n) is 7.84. The molecule has 0 aromatic heterocycles. The lowest BCUT2D eigenvalue weighted by atomic mass is 9.48. The van der Waals surface area contributed by atoms with Crippen molar-refractivity contribution in [3.63, 3.8) is 0 Å². The first-order valence-electron chi connectivity index (χ1n) is 5.92. The molecule has 0 saturated heterocycles. The summed E-state index contributed by atoms with van der Waals surface area (Å²) in [4.78, 5) is 0. The topological polar surface area (TPSA) is 0 Å². The smallest absolute Gasteiger partial charge is 0.00600 e. The van der Waals surface area contributed by atoms with Crippen molar-refractivity contribution in [3.8, 4) is 0 Å². The van der Waals surface area contributed by atoms with E-state index in [9.17, 15) is 0 Å². The molecule has 0 aliphatic heterocycles. The van der Waals surface area contributed by atoms with Gasteiger partial charge < -0.3 is 0 Å². The summed E-state index contributed by atoms with van der Waals surface area (Å²) in [6.07, 6.45) is 7.58. The molecule has 5 rings (SSSR count). The van der Waals surface area contributed by atoms with Gasteiger partial charge in [0.05, 0.1) is 0 Å². The zero-order chi connectivity index (χ0) is 8.15. The highest BCUT2D eigenvalue weighted by molar-refractivity contribution is 5.69. The first kappa shape index (κ1) is 6.06. The maximum atomic E-state index is 1.97. The minimum absolute atomic E-state index is 1.00. The Labute approximate surface area is 78.7 Å². The van der Waals surface area contributed by atoms with Crippen LogP contribution in [0.1, 0.15) is 32.1 Å². The summed E-state index contributed by atoms with van der Waals surface area (Å²) in [5.74, 6) is 4.25. The zero-order valence-corrected chi connectivity index (χ0v) is 7.84. The Morgan fingerprint density at radius 2 is 2.00 bits per heavy atom. The molecule has 0 N–H and O–H groups in total. The van der Waals surface area contributed by atoms with Gasteiger partial charge in [-0.25, -0.2) is 0 Å². The molecule has 1 fully saturated rings. The summed E-state index contributed by atoms with van der Waals surface area (Å²) in [5, 5.41) is 0. The Morgan fingerprint density at radius 1 is 1.00 bits per heavy atom. The van der Waals surface area contributed by atoms with Gasteiger partial charge in [-0.15, -0.1) is 0 Å². The van der Waals surface area contributed by atoms with E-state index >= 15 is 0 Å². The van der Waals surface area contributed by atoms with Crippen molar-refractivity contribution in [2.75, 3.05) is 0 Å². The van der Waals surface area contributed by atoms with E-state index < -0.39 is 0 Å². The average molecular weight is 170 g/mol. The Balaban J connectivity index is 1.80. The molecule has 0 radical (unpaired) electrons. The minimum Gasteiger partial charge on any atom is -0.0586 e. The van der Waals surface area contributed by atoms with E-state index in [1.54, 1.807) is 12.8 Å². The van der Waals surface area contributed by atoms with Crippen molar-refractivity contribution >= 4 is 0 Å². The van der Waals surface area contributed by atoms with Crippen LogP contribution in [0.5, 0.6) is 0 Å². The van der Waals surface area contributed by atoms with Gasteiger partial charge >= 0.3 is 0 Å². The van der Waals surface area contributed by atoms with E-state index in [1.807, 2.05) is 22.3 Å². The Kier molecular flexibility index (Phi) is 0.724. The third-order valence-corrected chi connectivity index (χ3v) is 5.24.